The Morgan fingerprint density at radius 2 is 2.09 bits per heavy atom. The molecule has 6 heteroatoms. The Morgan fingerprint density at radius 1 is 1.35 bits per heavy atom. The average molecular weight is 329 g/mol. The number of amides is 1. The Hall–Kier alpha value is -2.97. The van der Waals surface area contributed by atoms with E-state index in [0.29, 0.717) is 17.0 Å². The van der Waals surface area contributed by atoms with Crippen LogP contribution in [0.4, 0.5) is 5.69 Å². The number of hydrogen-bond acceptors (Lipinski definition) is 4. The monoisotopic (exact) mass is 328 g/mol. The molecule has 0 aromatic heterocycles. The molecule has 2 aromatic carbocycles. The summed E-state index contributed by atoms with van der Waals surface area (Å²) in [7, 11) is 1.49. The Balaban J connectivity index is 2.26. The van der Waals surface area contributed by atoms with Gasteiger partial charge in [-0.1, -0.05) is 29.8 Å². The molecule has 0 radical (unpaired) electrons. The third kappa shape index (κ3) is 4.02. The molecule has 23 heavy (non-hydrogen) atoms. The van der Waals surface area contributed by atoms with E-state index in [2.05, 4.69) is 5.32 Å². The van der Waals surface area contributed by atoms with Gasteiger partial charge in [-0.15, -0.1) is 0 Å². The summed E-state index contributed by atoms with van der Waals surface area (Å²) in [5, 5.41) is 21.3. The smallest absolute Gasteiger partial charge is 0.266 e. The second-order valence-corrected chi connectivity index (χ2v) is 4.94. The highest BCUT2D eigenvalue weighted by atomic mass is 35.5. The lowest BCUT2D eigenvalue weighted by molar-refractivity contribution is -0.112. The minimum atomic E-state index is -0.568. The van der Waals surface area contributed by atoms with E-state index in [-0.39, 0.29) is 16.3 Å². The van der Waals surface area contributed by atoms with Gasteiger partial charge in [-0.2, -0.15) is 5.26 Å². The number of benzene rings is 2. The van der Waals surface area contributed by atoms with Gasteiger partial charge in [-0.3, -0.25) is 4.79 Å². The normalized spacial score (nSPS) is 10.7. The van der Waals surface area contributed by atoms with Gasteiger partial charge in [-0.05, 0) is 35.9 Å². The van der Waals surface area contributed by atoms with Gasteiger partial charge in [0.1, 0.15) is 23.1 Å². The predicted molar refractivity (Wildman–Crippen MR) is 88.3 cm³/mol. The van der Waals surface area contributed by atoms with Crippen molar-refractivity contribution in [2.75, 3.05) is 12.4 Å². The van der Waals surface area contributed by atoms with Crippen LogP contribution in [0.15, 0.2) is 48.0 Å². The summed E-state index contributed by atoms with van der Waals surface area (Å²) in [5.74, 6) is -0.146. The first-order chi connectivity index (χ1) is 11.0. The highest BCUT2D eigenvalue weighted by molar-refractivity contribution is 6.32. The maximum atomic E-state index is 12.2. The number of anilines is 1. The molecule has 0 saturated carbocycles. The topological polar surface area (TPSA) is 82.3 Å². The van der Waals surface area contributed by atoms with Gasteiger partial charge in [0, 0.05) is 0 Å². The molecule has 1 amide bonds. The number of aromatic hydroxyl groups is 1. The lowest BCUT2D eigenvalue weighted by Crippen LogP contribution is -2.14. The van der Waals surface area contributed by atoms with Gasteiger partial charge in [0.15, 0.2) is 0 Å². The van der Waals surface area contributed by atoms with Crippen LogP contribution < -0.4 is 10.1 Å². The number of halogens is 1. The molecule has 0 aliphatic heterocycles. The van der Waals surface area contributed by atoms with Crippen LogP contribution in [0, 0.1) is 11.3 Å². The van der Waals surface area contributed by atoms with Crippen molar-refractivity contribution in [3.63, 3.8) is 0 Å². The number of methoxy groups -OCH3 is 1. The minimum absolute atomic E-state index is 0.0687. The lowest BCUT2D eigenvalue weighted by Gasteiger charge is -2.09. The van der Waals surface area contributed by atoms with Crippen LogP contribution >= 0.6 is 11.6 Å². The van der Waals surface area contributed by atoms with Crippen molar-refractivity contribution in [3.05, 3.63) is 58.6 Å². The average Bonchev–Trinajstić information content (AvgIpc) is 2.56. The van der Waals surface area contributed by atoms with E-state index in [1.807, 2.05) is 6.07 Å². The number of rotatable bonds is 4. The van der Waals surface area contributed by atoms with Gasteiger partial charge in [0.2, 0.25) is 0 Å². The van der Waals surface area contributed by atoms with E-state index >= 15 is 0 Å². The van der Waals surface area contributed by atoms with E-state index < -0.39 is 5.91 Å². The second-order valence-electron chi connectivity index (χ2n) is 4.54. The van der Waals surface area contributed by atoms with Crippen molar-refractivity contribution in [3.8, 4) is 17.6 Å². The van der Waals surface area contributed by atoms with Crippen LogP contribution in [-0.4, -0.2) is 18.1 Å². The third-order valence-electron chi connectivity index (χ3n) is 3.00. The number of carbonyl (C=O) groups is 1. The molecule has 0 saturated heterocycles. The largest absolute Gasteiger partial charge is 0.506 e. The standard InChI is InChI=1S/C17H13ClN2O3/c1-23-16-5-3-2-4-14(16)20-17(22)12(10-19)8-11-6-7-15(21)13(18)9-11/h2-9,21H,1H3,(H,20,22). The Kier molecular flexibility index (Phi) is 5.23. The van der Waals surface area contributed by atoms with E-state index in [1.54, 1.807) is 30.3 Å². The van der Waals surface area contributed by atoms with E-state index in [9.17, 15) is 15.2 Å². The maximum Gasteiger partial charge on any atom is 0.266 e. The molecule has 0 bridgehead atoms. The molecular weight excluding hydrogens is 316 g/mol. The Labute approximate surface area is 138 Å². The predicted octanol–water partition coefficient (Wildman–Crippen LogP) is 3.60. The molecule has 116 valence electrons. The van der Waals surface area contributed by atoms with E-state index in [4.69, 9.17) is 16.3 Å². The molecule has 2 rings (SSSR count). The van der Waals surface area contributed by atoms with Crippen molar-refractivity contribution in [1.82, 2.24) is 0 Å². The zero-order valence-electron chi connectivity index (χ0n) is 12.2. The van der Waals surface area contributed by atoms with Crippen molar-refractivity contribution >= 4 is 29.3 Å². The van der Waals surface area contributed by atoms with Crippen LogP contribution in [0.1, 0.15) is 5.56 Å². The van der Waals surface area contributed by atoms with E-state index in [0.717, 1.165) is 0 Å². The number of nitrogens with one attached hydrogen (secondary N) is 1. The Bertz CT molecular complexity index is 810. The molecule has 5 nitrogen and oxygen atoms in total. The van der Waals surface area contributed by atoms with Crippen LogP contribution in [0.25, 0.3) is 6.08 Å². The van der Waals surface area contributed by atoms with Crippen LogP contribution in [-0.2, 0) is 4.79 Å². The van der Waals surface area contributed by atoms with E-state index in [1.165, 1.54) is 25.3 Å². The minimum Gasteiger partial charge on any atom is -0.506 e. The summed E-state index contributed by atoms with van der Waals surface area (Å²) in [6.07, 6.45) is 1.38. The van der Waals surface area contributed by atoms with Gasteiger partial charge in [-0.25, -0.2) is 0 Å². The lowest BCUT2D eigenvalue weighted by atomic mass is 10.1. The first-order valence-corrected chi connectivity index (χ1v) is 6.97. The molecule has 0 spiro atoms. The summed E-state index contributed by atoms with van der Waals surface area (Å²) < 4.78 is 5.14. The fourth-order valence-electron chi connectivity index (χ4n) is 1.87. The summed E-state index contributed by atoms with van der Waals surface area (Å²) >= 11 is 5.81. The molecule has 2 aromatic rings. The molecule has 0 heterocycles. The number of nitriles is 1. The summed E-state index contributed by atoms with van der Waals surface area (Å²) in [5.41, 5.74) is 0.891. The van der Waals surface area contributed by atoms with Crippen molar-refractivity contribution in [2.45, 2.75) is 0 Å². The highest BCUT2D eigenvalue weighted by Crippen LogP contribution is 2.26. The van der Waals surface area contributed by atoms with Crippen LogP contribution in [0.5, 0.6) is 11.5 Å². The summed E-state index contributed by atoms with van der Waals surface area (Å²) in [6.45, 7) is 0. The van der Waals surface area contributed by atoms with Crippen molar-refractivity contribution < 1.29 is 14.6 Å². The summed E-state index contributed by atoms with van der Waals surface area (Å²) in [6, 6.07) is 13.1. The number of phenolic OH excluding ortho intramolecular Hbond substituents is 1. The quantitative estimate of drug-likeness (QED) is 0.663. The summed E-state index contributed by atoms with van der Waals surface area (Å²) in [4.78, 5) is 12.2. The zero-order valence-corrected chi connectivity index (χ0v) is 13.0. The first kappa shape index (κ1) is 16.4. The number of hydrogen-bond donors (Lipinski definition) is 2. The molecule has 0 aliphatic rings. The van der Waals surface area contributed by atoms with Gasteiger partial charge >= 0.3 is 0 Å². The second kappa shape index (κ2) is 7.34. The van der Waals surface area contributed by atoms with Gasteiger partial charge in [0.25, 0.3) is 5.91 Å². The molecule has 0 atom stereocenters. The van der Waals surface area contributed by atoms with Crippen molar-refractivity contribution in [2.24, 2.45) is 0 Å². The number of ether oxygens (including phenoxy) is 1. The fraction of sp³-hybridized carbons (Fsp3) is 0.0588. The third-order valence-corrected chi connectivity index (χ3v) is 3.31. The zero-order chi connectivity index (χ0) is 16.8. The molecule has 0 unspecified atom stereocenters. The molecular formula is C17H13ClN2O3. The maximum absolute atomic E-state index is 12.2. The Morgan fingerprint density at radius 3 is 2.74 bits per heavy atom. The van der Waals surface area contributed by atoms with Gasteiger partial charge < -0.3 is 15.2 Å². The number of para-hydroxylation sites is 2. The first-order valence-electron chi connectivity index (χ1n) is 6.60. The fourth-order valence-corrected chi connectivity index (χ4v) is 2.05. The molecule has 0 aliphatic carbocycles. The molecule has 0 fully saturated rings. The van der Waals surface area contributed by atoms with Crippen LogP contribution in [0.3, 0.4) is 0 Å². The number of phenols is 1. The van der Waals surface area contributed by atoms with Crippen molar-refractivity contribution in [1.29, 1.82) is 5.26 Å². The van der Waals surface area contributed by atoms with Gasteiger partial charge in [0.05, 0.1) is 17.8 Å². The number of nitrogens with zero attached hydrogens (tertiary/aromatic N) is 1. The SMILES string of the molecule is COc1ccccc1NC(=O)C(C#N)=Cc1ccc(O)c(Cl)c1. The molecule has 2 N–H and O–H groups in total. The number of carbonyl (C=O) groups excluding carboxylic acids is 1. The van der Waals surface area contributed by atoms with Crippen LogP contribution in [0.2, 0.25) is 5.02 Å². The highest BCUT2D eigenvalue weighted by Gasteiger charge is 2.12.